The van der Waals surface area contributed by atoms with E-state index in [0.717, 1.165) is 5.56 Å². The predicted octanol–water partition coefficient (Wildman–Crippen LogP) is 2.22. The largest absolute Gasteiger partial charge is 0.354 e. The van der Waals surface area contributed by atoms with Crippen LogP contribution < -0.4 is 5.32 Å². The van der Waals surface area contributed by atoms with Crippen LogP contribution in [0.2, 0.25) is 0 Å². The maximum atomic E-state index is 12.8. The number of hydrogen-bond acceptors (Lipinski definition) is 4. The number of hydrogen-bond donors (Lipinski definition) is 1. The SMILES string of the molecule is Cc1ccc(S(=O)(=O)N2CCN(CC(=O)NCC(C)c3ccccc3)CC2)cc1. The number of carbonyl (C=O) groups excluding carboxylic acids is 1. The Hall–Kier alpha value is -2.22. The lowest BCUT2D eigenvalue weighted by Crippen LogP contribution is -2.51. The van der Waals surface area contributed by atoms with Gasteiger partial charge in [0.05, 0.1) is 11.4 Å². The summed E-state index contributed by atoms with van der Waals surface area (Å²) in [5, 5.41) is 2.99. The first-order valence-corrected chi connectivity index (χ1v) is 11.4. The number of nitrogens with one attached hydrogen (secondary N) is 1. The highest BCUT2D eigenvalue weighted by Crippen LogP contribution is 2.18. The Balaban J connectivity index is 1.45. The van der Waals surface area contributed by atoms with Crippen LogP contribution in [0.3, 0.4) is 0 Å². The van der Waals surface area contributed by atoms with Crippen molar-refractivity contribution < 1.29 is 13.2 Å². The maximum absolute atomic E-state index is 12.8. The fourth-order valence-corrected chi connectivity index (χ4v) is 4.83. The molecule has 6 nitrogen and oxygen atoms in total. The van der Waals surface area contributed by atoms with Crippen LogP contribution in [-0.2, 0) is 14.8 Å². The Kier molecular flexibility index (Phi) is 7.05. The van der Waals surface area contributed by atoms with Crippen LogP contribution in [-0.4, -0.2) is 62.8 Å². The lowest BCUT2D eigenvalue weighted by molar-refractivity contribution is -0.122. The Bertz CT molecular complexity index is 906. The molecular formula is C22H29N3O3S. The third-order valence-corrected chi connectivity index (χ3v) is 7.24. The first-order chi connectivity index (χ1) is 13.9. The number of nitrogens with zero attached hydrogens (tertiary/aromatic N) is 2. The second kappa shape index (κ2) is 9.52. The van der Waals surface area contributed by atoms with E-state index in [1.54, 1.807) is 12.1 Å². The van der Waals surface area contributed by atoms with Crippen LogP contribution in [0, 0.1) is 6.92 Å². The van der Waals surface area contributed by atoms with E-state index < -0.39 is 10.0 Å². The number of piperazine rings is 1. The van der Waals surface area contributed by atoms with Crippen molar-refractivity contribution in [1.29, 1.82) is 0 Å². The van der Waals surface area contributed by atoms with Crippen LogP contribution in [0.5, 0.6) is 0 Å². The molecule has 7 heteroatoms. The molecule has 0 saturated carbocycles. The molecule has 1 N–H and O–H groups in total. The Morgan fingerprint density at radius 1 is 1.00 bits per heavy atom. The molecule has 3 rings (SSSR count). The molecule has 2 aromatic rings. The van der Waals surface area contributed by atoms with Gasteiger partial charge in [0.1, 0.15) is 0 Å². The lowest BCUT2D eigenvalue weighted by Gasteiger charge is -2.33. The summed E-state index contributed by atoms with van der Waals surface area (Å²) in [5.74, 6) is 0.222. The number of amides is 1. The monoisotopic (exact) mass is 415 g/mol. The van der Waals surface area contributed by atoms with Crippen LogP contribution >= 0.6 is 0 Å². The molecule has 0 bridgehead atoms. The third kappa shape index (κ3) is 5.65. The van der Waals surface area contributed by atoms with E-state index in [0.29, 0.717) is 44.2 Å². The highest BCUT2D eigenvalue weighted by Gasteiger charge is 2.29. The molecule has 1 unspecified atom stereocenters. The van der Waals surface area contributed by atoms with Gasteiger partial charge in [-0.15, -0.1) is 0 Å². The zero-order chi connectivity index (χ0) is 20.9. The van der Waals surface area contributed by atoms with Gasteiger partial charge in [-0.25, -0.2) is 8.42 Å². The van der Waals surface area contributed by atoms with Gasteiger partial charge >= 0.3 is 0 Å². The van der Waals surface area contributed by atoms with Crippen LogP contribution in [0.1, 0.15) is 24.0 Å². The van der Waals surface area contributed by atoms with Crippen molar-refractivity contribution in [2.75, 3.05) is 39.3 Å². The smallest absolute Gasteiger partial charge is 0.243 e. The van der Waals surface area contributed by atoms with Gasteiger partial charge in [-0.1, -0.05) is 55.0 Å². The zero-order valence-corrected chi connectivity index (χ0v) is 17.9. The molecular weight excluding hydrogens is 386 g/mol. The van der Waals surface area contributed by atoms with Crippen LogP contribution in [0.25, 0.3) is 0 Å². The number of rotatable bonds is 7. The fourth-order valence-electron chi connectivity index (χ4n) is 3.41. The number of carbonyl (C=O) groups is 1. The Morgan fingerprint density at radius 2 is 1.62 bits per heavy atom. The summed E-state index contributed by atoms with van der Waals surface area (Å²) in [5.41, 5.74) is 2.23. The van der Waals surface area contributed by atoms with Gasteiger partial charge < -0.3 is 5.32 Å². The minimum atomic E-state index is -3.48. The van der Waals surface area contributed by atoms with Crippen molar-refractivity contribution in [2.24, 2.45) is 0 Å². The van der Waals surface area contributed by atoms with E-state index in [2.05, 4.69) is 24.4 Å². The van der Waals surface area contributed by atoms with Gasteiger partial charge in [0.25, 0.3) is 0 Å². The summed E-state index contributed by atoms with van der Waals surface area (Å²) in [6.07, 6.45) is 0. The molecule has 1 saturated heterocycles. The van der Waals surface area contributed by atoms with E-state index >= 15 is 0 Å². The van der Waals surface area contributed by atoms with Crippen molar-refractivity contribution in [3.8, 4) is 0 Å². The fraction of sp³-hybridized carbons (Fsp3) is 0.409. The van der Waals surface area contributed by atoms with E-state index in [1.807, 2.05) is 42.2 Å². The summed E-state index contributed by atoms with van der Waals surface area (Å²) in [4.78, 5) is 14.6. The standard InChI is InChI=1S/C22H29N3O3S/c1-18-8-10-21(11-9-18)29(27,28)25-14-12-24(13-15-25)17-22(26)23-16-19(2)20-6-4-3-5-7-20/h3-11,19H,12-17H2,1-2H3,(H,23,26). The van der Waals surface area contributed by atoms with Gasteiger partial charge in [-0.2, -0.15) is 4.31 Å². The highest BCUT2D eigenvalue weighted by atomic mass is 32.2. The van der Waals surface area contributed by atoms with Crippen molar-refractivity contribution in [1.82, 2.24) is 14.5 Å². The molecule has 0 aromatic heterocycles. The van der Waals surface area contributed by atoms with Crippen LogP contribution in [0.4, 0.5) is 0 Å². The second-order valence-electron chi connectivity index (χ2n) is 7.61. The van der Waals surface area contributed by atoms with E-state index in [4.69, 9.17) is 0 Å². The quantitative estimate of drug-likeness (QED) is 0.753. The third-order valence-electron chi connectivity index (χ3n) is 5.33. The topological polar surface area (TPSA) is 69.7 Å². The van der Waals surface area contributed by atoms with Gasteiger partial charge in [0, 0.05) is 32.7 Å². The molecule has 0 radical (unpaired) electrons. The van der Waals surface area contributed by atoms with E-state index in [9.17, 15) is 13.2 Å². The van der Waals surface area contributed by atoms with Gasteiger partial charge in [0.15, 0.2) is 0 Å². The molecule has 1 heterocycles. The average molecular weight is 416 g/mol. The highest BCUT2D eigenvalue weighted by molar-refractivity contribution is 7.89. The molecule has 0 spiro atoms. The van der Waals surface area contributed by atoms with Crippen molar-refractivity contribution in [2.45, 2.75) is 24.7 Å². The normalized spacial score (nSPS) is 17.0. The molecule has 1 aliphatic rings. The molecule has 1 amide bonds. The number of aryl methyl sites for hydroxylation is 1. The zero-order valence-electron chi connectivity index (χ0n) is 17.0. The molecule has 0 aliphatic carbocycles. The van der Waals surface area contributed by atoms with E-state index in [-0.39, 0.29) is 11.8 Å². The molecule has 1 atom stereocenters. The van der Waals surface area contributed by atoms with Gasteiger partial charge in [0.2, 0.25) is 15.9 Å². The number of sulfonamides is 1. The van der Waals surface area contributed by atoms with Crippen molar-refractivity contribution >= 4 is 15.9 Å². The maximum Gasteiger partial charge on any atom is 0.243 e. The predicted molar refractivity (Wildman–Crippen MR) is 114 cm³/mol. The second-order valence-corrected chi connectivity index (χ2v) is 9.55. The summed E-state index contributed by atoms with van der Waals surface area (Å²) >= 11 is 0. The Labute approximate surface area is 173 Å². The summed E-state index contributed by atoms with van der Waals surface area (Å²) in [6.45, 7) is 6.78. The van der Waals surface area contributed by atoms with Crippen molar-refractivity contribution in [3.63, 3.8) is 0 Å². The molecule has 156 valence electrons. The minimum absolute atomic E-state index is 0.0253. The van der Waals surface area contributed by atoms with Gasteiger partial charge in [-0.3, -0.25) is 9.69 Å². The lowest BCUT2D eigenvalue weighted by atomic mass is 10.0. The summed E-state index contributed by atoms with van der Waals surface area (Å²) < 4.78 is 27.0. The molecule has 2 aromatic carbocycles. The Morgan fingerprint density at radius 3 is 2.24 bits per heavy atom. The first-order valence-electron chi connectivity index (χ1n) is 9.97. The van der Waals surface area contributed by atoms with Crippen LogP contribution in [0.15, 0.2) is 59.5 Å². The molecule has 29 heavy (non-hydrogen) atoms. The molecule has 1 aliphatic heterocycles. The molecule has 1 fully saturated rings. The summed E-state index contributed by atoms with van der Waals surface area (Å²) in [6, 6.07) is 17.0. The van der Waals surface area contributed by atoms with Gasteiger partial charge in [-0.05, 0) is 30.5 Å². The average Bonchev–Trinajstić information content (AvgIpc) is 2.73. The summed E-state index contributed by atoms with van der Waals surface area (Å²) in [7, 11) is -3.48. The number of benzene rings is 2. The first kappa shape index (κ1) is 21.5. The minimum Gasteiger partial charge on any atom is -0.354 e. The van der Waals surface area contributed by atoms with E-state index in [1.165, 1.54) is 9.87 Å². The van der Waals surface area contributed by atoms with Crippen molar-refractivity contribution in [3.05, 3.63) is 65.7 Å².